The summed E-state index contributed by atoms with van der Waals surface area (Å²) in [6.07, 6.45) is 0.467. The molecule has 0 aliphatic carbocycles. The minimum absolute atomic E-state index is 0.0133. The van der Waals surface area contributed by atoms with E-state index >= 15 is 0 Å². The lowest BCUT2D eigenvalue weighted by molar-refractivity contribution is -0.116. The van der Waals surface area contributed by atoms with Gasteiger partial charge in [0, 0.05) is 39.1 Å². The summed E-state index contributed by atoms with van der Waals surface area (Å²) in [6, 6.07) is 15.7. The average Bonchev–Trinajstić information content (AvgIpc) is 2.74. The van der Waals surface area contributed by atoms with Crippen LogP contribution in [-0.2, 0) is 4.79 Å². The van der Waals surface area contributed by atoms with Crippen LogP contribution in [0.5, 0.6) is 11.5 Å². The first-order valence-corrected chi connectivity index (χ1v) is 9.83. The Morgan fingerprint density at radius 1 is 1.00 bits per heavy atom. The number of carbonyl (C=O) groups is 1. The second kappa shape index (κ2) is 9.99. The van der Waals surface area contributed by atoms with E-state index in [4.69, 9.17) is 9.47 Å². The number of anilines is 2. The summed E-state index contributed by atoms with van der Waals surface area (Å²) in [7, 11) is 1.71. The molecule has 0 aromatic heterocycles. The molecule has 1 amide bonds. The van der Waals surface area contributed by atoms with Crippen LogP contribution < -0.4 is 19.7 Å². The van der Waals surface area contributed by atoms with Crippen LogP contribution in [-0.4, -0.2) is 57.2 Å². The molecule has 0 saturated carbocycles. The number of nitrogens with zero attached hydrogens (tertiary/aromatic N) is 2. The zero-order valence-electron chi connectivity index (χ0n) is 16.7. The highest BCUT2D eigenvalue weighted by molar-refractivity contribution is 5.92. The van der Waals surface area contributed by atoms with Crippen molar-refractivity contribution in [3.05, 3.63) is 48.5 Å². The van der Waals surface area contributed by atoms with Crippen LogP contribution in [0.4, 0.5) is 11.4 Å². The topological polar surface area (TPSA) is 54.0 Å². The van der Waals surface area contributed by atoms with Crippen molar-refractivity contribution in [1.82, 2.24) is 4.90 Å². The molecule has 0 spiro atoms. The number of piperazine rings is 1. The molecule has 6 nitrogen and oxygen atoms in total. The van der Waals surface area contributed by atoms with Gasteiger partial charge in [0.15, 0.2) is 0 Å². The molecule has 2 aromatic carbocycles. The number of para-hydroxylation sites is 4. The Balaban J connectivity index is 1.46. The standard InChI is InChI=1S/C22H29N3O3/c1-3-28-20-10-6-4-8-18(20)23-22(26)12-13-24-14-16-25(17-15-24)19-9-5-7-11-21(19)27-2/h4-11H,3,12-17H2,1-2H3,(H,23,26). The monoisotopic (exact) mass is 383 g/mol. The molecule has 0 atom stereocenters. The van der Waals surface area contributed by atoms with Gasteiger partial charge < -0.3 is 19.7 Å². The van der Waals surface area contributed by atoms with E-state index in [1.165, 1.54) is 0 Å². The Kier molecular flexibility index (Phi) is 7.14. The number of rotatable bonds is 8. The van der Waals surface area contributed by atoms with Crippen LogP contribution in [0.15, 0.2) is 48.5 Å². The molecule has 1 fully saturated rings. The highest BCUT2D eigenvalue weighted by Gasteiger charge is 2.20. The number of nitrogens with one attached hydrogen (secondary N) is 1. The molecule has 0 bridgehead atoms. The van der Waals surface area contributed by atoms with Crippen molar-refractivity contribution in [2.45, 2.75) is 13.3 Å². The fourth-order valence-electron chi connectivity index (χ4n) is 3.43. The van der Waals surface area contributed by atoms with Gasteiger partial charge in [0.2, 0.25) is 5.91 Å². The molecule has 28 heavy (non-hydrogen) atoms. The van der Waals surface area contributed by atoms with Crippen molar-refractivity contribution in [3.63, 3.8) is 0 Å². The van der Waals surface area contributed by atoms with E-state index in [0.717, 1.165) is 49.8 Å². The zero-order chi connectivity index (χ0) is 19.8. The van der Waals surface area contributed by atoms with Crippen LogP contribution in [0.1, 0.15) is 13.3 Å². The second-order valence-corrected chi connectivity index (χ2v) is 6.73. The van der Waals surface area contributed by atoms with Gasteiger partial charge >= 0.3 is 0 Å². The predicted molar refractivity (Wildman–Crippen MR) is 113 cm³/mol. The number of hydrogen-bond donors (Lipinski definition) is 1. The van der Waals surface area contributed by atoms with Crippen LogP contribution in [0, 0.1) is 0 Å². The van der Waals surface area contributed by atoms with E-state index in [9.17, 15) is 4.79 Å². The molecule has 3 rings (SSSR count). The Labute approximate surface area is 167 Å². The molecular formula is C22H29N3O3. The van der Waals surface area contributed by atoms with Crippen LogP contribution in [0.3, 0.4) is 0 Å². The summed E-state index contributed by atoms with van der Waals surface area (Å²) in [5.74, 6) is 1.63. The second-order valence-electron chi connectivity index (χ2n) is 6.73. The maximum absolute atomic E-state index is 12.4. The van der Waals surface area contributed by atoms with E-state index in [1.807, 2.05) is 49.4 Å². The Hall–Kier alpha value is -2.73. The average molecular weight is 383 g/mol. The largest absolute Gasteiger partial charge is 0.495 e. The van der Waals surface area contributed by atoms with Crippen molar-refractivity contribution in [2.24, 2.45) is 0 Å². The lowest BCUT2D eigenvalue weighted by Crippen LogP contribution is -2.47. The van der Waals surface area contributed by atoms with E-state index in [1.54, 1.807) is 7.11 Å². The molecule has 0 radical (unpaired) electrons. The van der Waals surface area contributed by atoms with E-state index < -0.39 is 0 Å². The minimum Gasteiger partial charge on any atom is -0.495 e. The molecule has 6 heteroatoms. The van der Waals surface area contributed by atoms with Crippen molar-refractivity contribution in [2.75, 3.05) is 56.7 Å². The molecule has 2 aromatic rings. The summed E-state index contributed by atoms with van der Waals surface area (Å²) in [5.41, 5.74) is 1.87. The summed E-state index contributed by atoms with van der Waals surface area (Å²) in [5, 5.41) is 2.97. The first-order valence-electron chi connectivity index (χ1n) is 9.83. The number of hydrogen-bond acceptors (Lipinski definition) is 5. The summed E-state index contributed by atoms with van der Waals surface area (Å²) in [6.45, 7) is 6.97. The van der Waals surface area contributed by atoms with Crippen LogP contribution >= 0.6 is 0 Å². The fraction of sp³-hybridized carbons (Fsp3) is 0.409. The number of methoxy groups -OCH3 is 1. The molecule has 1 heterocycles. The van der Waals surface area contributed by atoms with Crippen LogP contribution in [0.25, 0.3) is 0 Å². The maximum atomic E-state index is 12.4. The Morgan fingerprint density at radius 3 is 2.39 bits per heavy atom. The fourth-order valence-corrected chi connectivity index (χ4v) is 3.43. The van der Waals surface area contributed by atoms with Crippen molar-refractivity contribution in [1.29, 1.82) is 0 Å². The van der Waals surface area contributed by atoms with Crippen molar-refractivity contribution >= 4 is 17.3 Å². The molecule has 1 aliphatic heterocycles. The van der Waals surface area contributed by atoms with Gasteiger partial charge in [-0.3, -0.25) is 9.69 Å². The third-order valence-electron chi connectivity index (χ3n) is 4.91. The van der Waals surface area contributed by atoms with E-state index in [-0.39, 0.29) is 5.91 Å². The normalized spacial score (nSPS) is 14.6. The van der Waals surface area contributed by atoms with Gasteiger partial charge in [0.1, 0.15) is 11.5 Å². The molecule has 1 N–H and O–H groups in total. The minimum atomic E-state index is 0.0133. The summed E-state index contributed by atoms with van der Waals surface area (Å²) in [4.78, 5) is 17.0. The molecule has 1 saturated heterocycles. The molecule has 1 aliphatic rings. The number of amides is 1. The quantitative estimate of drug-likeness (QED) is 0.758. The maximum Gasteiger partial charge on any atom is 0.225 e. The number of ether oxygens (including phenoxy) is 2. The smallest absolute Gasteiger partial charge is 0.225 e. The van der Waals surface area contributed by atoms with Gasteiger partial charge in [-0.2, -0.15) is 0 Å². The number of benzene rings is 2. The van der Waals surface area contributed by atoms with Crippen molar-refractivity contribution < 1.29 is 14.3 Å². The SMILES string of the molecule is CCOc1ccccc1NC(=O)CCN1CCN(c2ccccc2OC)CC1. The lowest BCUT2D eigenvalue weighted by Gasteiger charge is -2.36. The summed E-state index contributed by atoms with van der Waals surface area (Å²) >= 11 is 0. The van der Waals surface area contributed by atoms with E-state index in [0.29, 0.717) is 18.8 Å². The van der Waals surface area contributed by atoms with Gasteiger partial charge in [-0.05, 0) is 31.2 Å². The molecule has 150 valence electrons. The highest BCUT2D eigenvalue weighted by Crippen LogP contribution is 2.28. The third-order valence-corrected chi connectivity index (χ3v) is 4.91. The molecular weight excluding hydrogens is 354 g/mol. The summed E-state index contributed by atoms with van der Waals surface area (Å²) < 4.78 is 11.0. The predicted octanol–water partition coefficient (Wildman–Crippen LogP) is 3.24. The molecule has 0 unspecified atom stereocenters. The van der Waals surface area contributed by atoms with Gasteiger partial charge in [-0.1, -0.05) is 24.3 Å². The van der Waals surface area contributed by atoms with E-state index in [2.05, 4.69) is 21.2 Å². The first kappa shape index (κ1) is 20.0. The van der Waals surface area contributed by atoms with Crippen molar-refractivity contribution in [3.8, 4) is 11.5 Å². The Morgan fingerprint density at radius 2 is 1.68 bits per heavy atom. The highest BCUT2D eigenvalue weighted by atomic mass is 16.5. The third kappa shape index (κ3) is 5.16. The van der Waals surface area contributed by atoms with Crippen LogP contribution in [0.2, 0.25) is 0 Å². The van der Waals surface area contributed by atoms with Gasteiger partial charge in [-0.15, -0.1) is 0 Å². The Bertz CT molecular complexity index is 773. The van der Waals surface area contributed by atoms with Gasteiger partial charge in [0.25, 0.3) is 0 Å². The lowest BCUT2D eigenvalue weighted by atomic mass is 10.2. The zero-order valence-corrected chi connectivity index (χ0v) is 16.7. The first-order chi connectivity index (χ1) is 13.7. The van der Waals surface area contributed by atoms with Gasteiger partial charge in [0.05, 0.1) is 25.1 Å². The number of carbonyl (C=O) groups excluding carboxylic acids is 1. The van der Waals surface area contributed by atoms with Gasteiger partial charge in [-0.25, -0.2) is 0 Å².